The molecule has 1 N–H and O–H groups in total. The summed E-state index contributed by atoms with van der Waals surface area (Å²) in [5.74, 6) is -0.927. The number of aliphatic carboxylic acids is 1. The van der Waals surface area contributed by atoms with Gasteiger partial charge in [0, 0.05) is 9.37 Å². The van der Waals surface area contributed by atoms with E-state index in [1.807, 2.05) is 6.07 Å². The fraction of sp³-hybridized carbons (Fsp3) is 0.111. The van der Waals surface area contributed by atoms with Crippen molar-refractivity contribution in [1.82, 2.24) is 0 Å². The van der Waals surface area contributed by atoms with Crippen molar-refractivity contribution in [2.24, 2.45) is 0 Å². The number of carbonyl (C=O) groups is 1. The van der Waals surface area contributed by atoms with Gasteiger partial charge in [0.05, 0.1) is 11.3 Å². The van der Waals surface area contributed by atoms with E-state index < -0.39 is 5.97 Å². The summed E-state index contributed by atoms with van der Waals surface area (Å²) in [4.78, 5) is 11.0. The number of carboxylic acids is 1. The zero-order chi connectivity index (χ0) is 10.6. The number of nitriles is 1. The monoisotopic (exact) mass is 271 g/mol. The molecular formula is C9H6BrNO2S. The maximum absolute atomic E-state index is 10.3. The number of rotatable bonds is 3. The molecular weight excluding hydrogens is 266 g/mol. The molecule has 72 valence electrons. The van der Waals surface area contributed by atoms with Crippen LogP contribution in [0.4, 0.5) is 0 Å². The smallest absolute Gasteiger partial charge is 0.313 e. The minimum atomic E-state index is -0.890. The molecule has 0 aromatic heterocycles. The third-order valence-electron chi connectivity index (χ3n) is 1.44. The molecule has 5 heteroatoms. The fourth-order valence-corrected chi connectivity index (χ4v) is 2.21. The Morgan fingerprint density at radius 1 is 1.64 bits per heavy atom. The molecule has 1 aromatic rings. The van der Waals surface area contributed by atoms with E-state index >= 15 is 0 Å². The van der Waals surface area contributed by atoms with Crippen molar-refractivity contribution in [3.05, 3.63) is 28.2 Å². The van der Waals surface area contributed by atoms with Gasteiger partial charge < -0.3 is 5.11 Å². The molecule has 3 nitrogen and oxygen atoms in total. The van der Waals surface area contributed by atoms with Crippen LogP contribution in [0.3, 0.4) is 0 Å². The Morgan fingerprint density at radius 3 is 2.93 bits per heavy atom. The summed E-state index contributed by atoms with van der Waals surface area (Å²) in [6, 6.07) is 7.29. The fourth-order valence-electron chi connectivity index (χ4n) is 0.873. The average Bonchev–Trinajstić information content (AvgIpc) is 2.14. The van der Waals surface area contributed by atoms with Crippen molar-refractivity contribution in [2.45, 2.75) is 4.90 Å². The molecule has 0 bridgehead atoms. The van der Waals surface area contributed by atoms with Crippen LogP contribution >= 0.6 is 27.7 Å². The Kier molecular flexibility index (Phi) is 3.98. The first-order valence-electron chi connectivity index (χ1n) is 3.68. The molecule has 0 unspecified atom stereocenters. The SMILES string of the molecule is N#Cc1c(Br)cccc1SCC(=O)O. The second-order valence-electron chi connectivity index (χ2n) is 2.41. The summed E-state index contributed by atoms with van der Waals surface area (Å²) in [5.41, 5.74) is 0.485. The lowest BCUT2D eigenvalue weighted by Crippen LogP contribution is -1.98. The van der Waals surface area contributed by atoms with E-state index in [4.69, 9.17) is 10.4 Å². The van der Waals surface area contributed by atoms with E-state index in [1.54, 1.807) is 18.2 Å². The Morgan fingerprint density at radius 2 is 2.36 bits per heavy atom. The summed E-state index contributed by atoms with van der Waals surface area (Å²) < 4.78 is 0.690. The number of halogens is 1. The second kappa shape index (κ2) is 5.03. The normalized spacial score (nSPS) is 9.43. The molecule has 0 aliphatic carbocycles. The molecule has 0 spiro atoms. The third kappa shape index (κ3) is 2.76. The lowest BCUT2D eigenvalue weighted by Gasteiger charge is -2.02. The van der Waals surface area contributed by atoms with Crippen LogP contribution in [-0.2, 0) is 4.79 Å². The van der Waals surface area contributed by atoms with Crippen LogP contribution < -0.4 is 0 Å². The predicted octanol–water partition coefficient (Wildman–Crippen LogP) is 2.50. The Hall–Kier alpha value is -0.990. The van der Waals surface area contributed by atoms with Crippen molar-refractivity contribution in [3.8, 4) is 6.07 Å². The molecule has 0 fully saturated rings. The van der Waals surface area contributed by atoms with E-state index in [0.717, 1.165) is 11.8 Å². The largest absolute Gasteiger partial charge is 0.481 e. The summed E-state index contributed by atoms with van der Waals surface area (Å²) in [5, 5.41) is 17.3. The first-order chi connectivity index (χ1) is 6.65. The van der Waals surface area contributed by atoms with Crippen LogP contribution in [0.5, 0.6) is 0 Å². The molecule has 0 saturated heterocycles. The van der Waals surface area contributed by atoms with Crippen molar-refractivity contribution < 1.29 is 9.90 Å². The summed E-state index contributed by atoms with van der Waals surface area (Å²) in [7, 11) is 0. The number of thioether (sulfide) groups is 1. The van der Waals surface area contributed by atoms with Crippen LogP contribution in [0.15, 0.2) is 27.6 Å². The van der Waals surface area contributed by atoms with Crippen LogP contribution in [0.25, 0.3) is 0 Å². The molecule has 0 amide bonds. The van der Waals surface area contributed by atoms with Crippen molar-refractivity contribution in [3.63, 3.8) is 0 Å². The highest BCUT2D eigenvalue weighted by atomic mass is 79.9. The van der Waals surface area contributed by atoms with E-state index in [2.05, 4.69) is 15.9 Å². The molecule has 14 heavy (non-hydrogen) atoms. The minimum absolute atomic E-state index is 0.0366. The highest BCUT2D eigenvalue weighted by molar-refractivity contribution is 9.10. The van der Waals surface area contributed by atoms with Crippen LogP contribution in [0, 0.1) is 11.3 Å². The van der Waals surface area contributed by atoms with Crippen LogP contribution in [0.1, 0.15) is 5.56 Å². The quantitative estimate of drug-likeness (QED) is 0.859. The van der Waals surface area contributed by atoms with E-state index in [-0.39, 0.29) is 5.75 Å². The van der Waals surface area contributed by atoms with Gasteiger partial charge in [0.15, 0.2) is 0 Å². The van der Waals surface area contributed by atoms with Gasteiger partial charge in [-0.25, -0.2) is 0 Å². The Balaban J connectivity index is 2.92. The van der Waals surface area contributed by atoms with E-state index in [9.17, 15) is 4.79 Å². The van der Waals surface area contributed by atoms with Crippen LogP contribution in [0.2, 0.25) is 0 Å². The van der Waals surface area contributed by atoms with Gasteiger partial charge in [-0.1, -0.05) is 6.07 Å². The van der Waals surface area contributed by atoms with Crippen LogP contribution in [-0.4, -0.2) is 16.8 Å². The zero-order valence-electron chi connectivity index (χ0n) is 7.03. The lowest BCUT2D eigenvalue weighted by molar-refractivity contribution is -0.133. The predicted molar refractivity (Wildman–Crippen MR) is 57.2 cm³/mol. The van der Waals surface area contributed by atoms with Gasteiger partial charge in [0.2, 0.25) is 0 Å². The number of benzene rings is 1. The maximum Gasteiger partial charge on any atom is 0.313 e. The standard InChI is InChI=1S/C9H6BrNO2S/c10-7-2-1-3-8(6(7)4-11)14-5-9(12)13/h1-3H,5H2,(H,12,13). The third-order valence-corrected chi connectivity index (χ3v) is 3.14. The molecule has 1 rings (SSSR count). The molecule has 0 saturated carbocycles. The summed E-state index contributed by atoms with van der Waals surface area (Å²) >= 11 is 4.37. The molecule has 0 heterocycles. The van der Waals surface area contributed by atoms with E-state index in [1.165, 1.54) is 0 Å². The van der Waals surface area contributed by atoms with Gasteiger partial charge in [0.1, 0.15) is 6.07 Å². The number of carboxylic acid groups (broad SMARTS) is 1. The Bertz CT molecular complexity index is 400. The van der Waals surface area contributed by atoms with Crippen molar-refractivity contribution >= 4 is 33.7 Å². The highest BCUT2D eigenvalue weighted by Crippen LogP contribution is 2.27. The average molecular weight is 272 g/mol. The van der Waals surface area contributed by atoms with Gasteiger partial charge >= 0.3 is 5.97 Å². The summed E-state index contributed by atoms with van der Waals surface area (Å²) in [6.45, 7) is 0. The number of hydrogen-bond acceptors (Lipinski definition) is 3. The molecule has 0 radical (unpaired) electrons. The molecule has 0 atom stereocenters. The van der Waals surface area contributed by atoms with Gasteiger partial charge in [-0.3, -0.25) is 4.79 Å². The zero-order valence-corrected chi connectivity index (χ0v) is 9.43. The number of nitrogens with zero attached hydrogens (tertiary/aromatic N) is 1. The molecule has 1 aromatic carbocycles. The first kappa shape index (κ1) is 11.1. The maximum atomic E-state index is 10.3. The van der Waals surface area contributed by atoms with Crippen molar-refractivity contribution in [2.75, 3.05) is 5.75 Å². The number of hydrogen-bond donors (Lipinski definition) is 1. The molecule has 0 aliphatic rings. The topological polar surface area (TPSA) is 61.1 Å². The van der Waals surface area contributed by atoms with Gasteiger partial charge in [-0.15, -0.1) is 11.8 Å². The second-order valence-corrected chi connectivity index (χ2v) is 4.28. The highest BCUT2D eigenvalue weighted by Gasteiger charge is 2.07. The van der Waals surface area contributed by atoms with Gasteiger partial charge in [-0.2, -0.15) is 5.26 Å². The molecule has 0 aliphatic heterocycles. The Labute approximate surface area is 93.9 Å². The van der Waals surface area contributed by atoms with Gasteiger partial charge in [0.25, 0.3) is 0 Å². The van der Waals surface area contributed by atoms with Gasteiger partial charge in [-0.05, 0) is 28.1 Å². The van der Waals surface area contributed by atoms with Crippen molar-refractivity contribution in [1.29, 1.82) is 5.26 Å². The minimum Gasteiger partial charge on any atom is -0.481 e. The van der Waals surface area contributed by atoms with E-state index in [0.29, 0.717) is 14.9 Å². The lowest BCUT2D eigenvalue weighted by atomic mass is 10.2. The first-order valence-corrected chi connectivity index (χ1v) is 5.46. The summed E-state index contributed by atoms with van der Waals surface area (Å²) in [6.07, 6.45) is 0.